The molecular weight excluding hydrogens is 427 g/mol. The van der Waals surface area contributed by atoms with E-state index >= 15 is 0 Å². The van der Waals surface area contributed by atoms with Gasteiger partial charge in [-0.25, -0.2) is 14.3 Å². The number of halogens is 2. The summed E-state index contributed by atoms with van der Waals surface area (Å²) in [6.07, 6.45) is 2.71. The molecular formula is C16H26Cl2N6O3S. The first-order chi connectivity index (χ1) is 12.3. The minimum atomic E-state index is -3.72. The Morgan fingerprint density at radius 3 is 2.57 bits per heavy atom. The van der Waals surface area contributed by atoms with Crippen LogP contribution in [-0.4, -0.2) is 67.8 Å². The first kappa shape index (κ1) is 26.5. The van der Waals surface area contributed by atoms with E-state index in [0.29, 0.717) is 18.8 Å². The molecule has 0 bridgehead atoms. The zero-order valence-corrected chi connectivity index (χ0v) is 18.5. The average Bonchev–Trinajstić information content (AvgIpc) is 3.03. The number of nitriles is 1. The first-order valence-corrected chi connectivity index (χ1v) is 9.70. The molecule has 1 N–H and O–H groups in total. The highest BCUT2D eigenvalue weighted by Gasteiger charge is 2.45. The smallest absolute Gasteiger partial charge is 0.297 e. The Kier molecular flexibility index (Phi) is 10.3. The number of pyridine rings is 1. The van der Waals surface area contributed by atoms with Crippen molar-refractivity contribution in [2.24, 2.45) is 0 Å². The summed E-state index contributed by atoms with van der Waals surface area (Å²) in [6, 6.07) is 7.15. The van der Waals surface area contributed by atoms with Gasteiger partial charge in [0.2, 0.25) is 0 Å². The van der Waals surface area contributed by atoms with E-state index < -0.39 is 15.7 Å². The third-order valence-electron chi connectivity index (χ3n) is 4.41. The molecule has 0 spiro atoms. The second-order valence-corrected chi connectivity index (χ2v) is 8.31. The maximum atomic E-state index is 12.6. The Bertz CT molecular complexity index is 787. The number of aromatic nitrogens is 1. The van der Waals surface area contributed by atoms with E-state index in [1.54, 1.807) is 23.2 Å². The molecule has 0 saturated carbocycles. The molecule has 0 aromatic carbocycles. The van der Waals surface area contributed by atoms with Gasteiger partial charge in [-0.15, -0.1) is 24.8 Å². The SMILES string of the molecule is CC(=O)C1(C#N)CCCN1NCCN(c1ccccn1)S(=O)(=O)N(C)C.Cl.Cl. The molecule has 0 amide bonds. The second-order valence-electron chi connectivity index (χ2n) is 6.24. The van der Waals surface area contributed by atoms with Crippen LogP contribution in [0.5, 0.6) is 0 Å². The first-order valence-electron chi connectivity index (χ1n) is 8.30. The molecule has 1 unspecified atom stereocenters. The van der Waals surface area contributed by atoms with Crippen molar-refractivity contribution in [3.8, 4) is 6.07 Å². The van der Waals surface area contributed by atoms with Crippen molar-refractivity contribution in [2.45, 2.75) is 25.3 Å². The molecule has 1 aliphatic rings. The highest BCUT2D eigenvalue weighted by Crippen LogP contribution is 2.27. The topological polar surface area (TPSA) is 110 Å². The summed E-state index contributed by atoms with van der Waals surface area (Å²) in [5.41, 5.74) is 1.87. The number of carbonyl (C=O) groups excluding carboxylic acids is 1. The number of hydrogen-bond donors (Lipinski definition) is 1. The van der Waals surface area contributed by atoms with Crippen molar-refractivity contribution in [3.05, 3.63) is 24.4 Å². The van der Waals surface area contributed by atoms with Gasteiger partial charge in [-0.1, -0.05) is 6.07 Å². The Morgan fingerprint density at radius 2 is 2.07 bits per heavy atom. The number of ketones is 1. The van der Waals surface area contributed by atoms with Crippen molar-refractivity contribution in [1.82, 2.24) is 19.7 Å². The lowest BCUT2D eigenvalue weighted by atomic mass is 9.94. The summed E-state index contributed by atoms with van der Waals surface area (Å²) in [5.74, 6) is 0.0926. The predicted molar refractivity (Wildman–Crippen MR) is 112 cm³/mol. The molecule has 1 atom stereocenters. The number of Topliss-reactive ketones (excluding diaryl/α,β-unsaturated/α-hetero) is 1. The molecule has 1 fully saturated rings. The van der Waals surface area contributed by atoms with Gasteiger partial charge in [0.25, 0.3) is 0 Å². The van der Waals surface area contributed by atoms with Crippen LogP contribution < -0.4 is 9.73 Å². The minimum absolute atomic E-state index is 0. The fourth-order valence-electron chi connectivity index (χ4n) is 2.93. The maximum absolute atomic E-state index is 12.6. The molecule has 2 heterocycles. The Hall–Kier alpha value is -1.48. The number of nitrogens with one attached hydrogen (secondary N) is 1. The lowest BCUT2D eigenvalue weighted by Gasteiger charge is -2.32. The normalized spacial score (nSPS) is 19.4. The van der Waals surface area contributed by atoms with Crippen LogP contribution in [0.3, 0.4) is 0 Å². The lowest BCUT2D eigenvalue weighted by Crippen LogP contribution is -2.56. The second kappa shape index (κ2) is 10.9. The summed E-state index contributed by atoms with van der Waals surface area (Å²) in [4.78, 5) is 16.1. The van der Waals surface area contributed by atoms with Gasteiger partial charge >= 0.3 is 10.2 Å². The molecule has 9 nitrogen and oxygen atoms in total. The number of rotatable bonds is 8. The standard InChI is InChI=1S/C16H24N6O3S.2ClH/c1-14(23)16(13-17)8-6-11-22(16)19-10-12-21(26(24,25)20(2)3)15-7-4-5-9-18-15;;/h4-5,7,9,19H,6,8,10-12H2,1-3H3;2*1H. The molecule has 2 rings (SSSR count). The van der Waals surface area contributed by atoms with Crippen molar-refractivity contribution < 1.29 is 13.2 Å². The van der Waals surface area contributed by atoms with E-state index in [9.17, 15) is 18.5 Å². The Morgan fingerprint density at radius 1 is 1.39 bits per heavy atom. The van der Waals surface area contributed by atoms with Gasteiger partial charge in [0.1, 0.15) is 5.82 Å². The van der Waals surface area contributed by atoms with Gasteiger partial charge in [-0.2, -0.15) is 18.0 Å². The number of anilines is 1. The zero-order chi connectivity index (χ0) is 19.4. The van der Waals surface area contributed by atoms with Crippen molar-refractivity contribution >= 4 is 46.6 Å². The van der Waals surface area contributed by atoms with Crippen LogP contribution in [-0.2, 0) is 15.0 Å². The van der Waals surface area contributed by atoms with Gasteiger partial charge in [0.15, 0.2) is 11.3 Å². The van der Waals surface area contributed by atoms with Crippen LogP contribution >= 0.6 is 24.8 Å². The van der Waals surface area contributed by atoms with E-state index in [1.165, 1.54) is 31.5 Å². The van der Waals surface area contributed by atoms with E-state index in [2.05, 4.69) is 16.5 Å². The van der Waals surface area contributed by atoms with E-state index in [1.807, 2.05) is 0 Å². The highest BCUT2D eigenvalue weighted by molar-refractivity contribution is 7.90. The molecule has 1 aliphatic heterocycles. The third-order valence-corrected chi connectivity index (χ3v) is 6.26. The zero-order valence-electron chi connectivity index (χ0n) is 16.0. The van der Waals surface area contributed by atoms with Gasteiger partial charge < -0.3 is 0 Å². The summed E-state index contributed by atoms with van der Waals surface area (Å²) in [5, 5.41) is 11.1. The summed E-state index contributed by atoms with van der Waals surface area (Å²) in [6.45, 7) is 2.30. The van der Waals surface area contributed by atoms with Crippen LogP contribution in [0.1, 0.15) is 19.8 Å². The largest absolute Gasteiger partial charge is 0.304 e. The fourth-order valence-corrected chi connectivity index (χ4v) is 3.99. The predicted octanol–water partition coefficient (Wildman–Crippen LogP) is 0.990. The summed E-state index contributed by atoms with van der Waals surface area (Å²) in [7, 11) is -0.817. The summed E-state index contributed by atoms with van der Waals surface area (Å²) < 4.78 is 27.5. The van der Waals surface area contributed by atoms with E-state index in [4.69, 9.17) is 0 Å². The molecule has 158 valence electrons. The molecule has 28 heavy (non-hydrogen) atoms. The highest BCUT2D eigenvalue weighted by atomic mass is 35.5. The van der Waals surface area contributed by atoms with Crippen LogP contribution in [0, 0.1) is 11.3 Å². The molecule has 1 saturated heterocycles. The van der Waals surface area contributed by atoms with Gasteiger partial charge in [0.05, 0.1) is 12.6 Å². The van der Waals surface area contributed by atoms with E-state index in [0.717, 1.165) is 10.7 Å². The number of hydrogen-bond acceptors (Lipinski definition) is 7. The van der Waals surface area contributed by atoms with Crippen LogP contribution in [0.2, 0.25) is 0 Å². The van der Waals surface area contributed by atoms with E-state index in [-0.39, 0.29) is 43.7 Å². The third kappa shape index (κ3) is 5.31. The van der Waals surface area contributed by atoms with Crippen LogP contribution in [0.15, 0.2) is 24.4 Å². The average molecular weight is 453 g/mol. The van der Waals surface area contributed by atoms with Crippen molar-refractivity contribution in [3.63, 3.8) is 0 Å². The van der Waals surface area contributed by atoms with Gasteiger partial charge in [0, 0.05) is 33.4 Å². The summed E-state index contributed by atoms with van der Waals surface area (Å²) >= 11 is 0. The van der Waals surface area contributed by atoms with Gasteiger partial charge in [-0.05, 0) is 31.9 Å². The molecule has 0 aliphatic carbocycles. The minimum Gasteiger partial charge on any atom is -0.297 e. The molecule has 12 heteroatoms. The molecule has 0 radical (unpaired) electrons. The monoisotopic (exact) mass is 452 g/mol. The lowest BCUT2D eigenvalue weighted by molar-refractivity contribution is -0.125. The Balaban J connectivity index is 0.00000364. The van der Waals surface area contributed by atoms with Crippen LogP contribution in [0.25, 0.3) is 0 Å². The van der Waals surface area contributed by atoms with Crippen molar-refractivity contribution in [2.75, 3.05) is 38.0 Å². The quantitative estimate of drug-likeness (QED) is 0.625. The number of nitrogens with zero attached hydrogens (tertiary/aromatic N) is 5. The Labute approximate surface area is 178 Å². The van der Waals surface area contributed by atoms with Crippen LogP contribution in [0.4, 0.5) is 5.82 Å². The van der Waals surface area contributed by atoms with Crippen molar-refractivity contribution in [1.29, 1.82) is 5.26 Å². The molecule has 1 aromatic rings. The van der Waals surface area contributed by atoms with Gasteiger partial charge in [-0.3, -0.25) is 10.2 Å². The number of hydrazine groups is 1. The maximum Gasteiger partial charge on any atom is 0.304 e. The number of carbonyl (C=O) groups is 1. The fraction of sp³-hybridized carbons (Fsp3) is 0.562. The molecule has 1 aromatic heterocycles.